The number of anilines is 3. The van der Waals surface area contributed by atoms with Crippen LogP contribution in [0.4, 0.5) is 17.8 Å². The van der Waals surface area contributed by atoms with Gasteiger partial charge in [-0.2, -0.15) is 15.0 Å². The summed E-state index contributed by atoms with van der Waals surface area (Å²) >= 11 is 0. The third-order valence-electron chi connectivity index (χ3n) is 3.03. The van der Waals surface area contributed by atoms with Crippen LogP contribution in [-0.4, -0.2) is 38.5 Å². The van der Waals surface area contributed by atoms with Gasteiger partial charge in [0.2, 0.25) is 5.95 Å². The molecule has 2 rings (SSSR count). The molecule has 0 aliphatic heterocycles. The summed E-state index contributed by atoms with van der Waals surface area (Å²) < 4.78 is 5.72. The molecule has 23 heavy (non-hydrogen) atoms. The molecular formula is C14H20N6O3. The minimum Gasteiger partial charge on any atom is -0.493 e. The van der Waals surface area contributed by atoms with Crippen LogP contribution in [0, 0.1) is 13.8 Å². The molecule has 1 aromatic heterocycles. The number of aromatic nitrogens is 3. The summed E-state index contributed by atoms with van der Waals surface area (Å²) in [5, 5.41) is 20.6. The van der Waals surface area contributed by atoms with Crippen LogP contribution in [0.3, 0.4) is 0 Å². The zero-order valence-corrected chi connectivity index (χ0v) is 13.0. The van der Waals surface area contributed by atoms with Crippen molar-refractivity contribution in [3.8, 4) is 5.75 Å². The van der Waals surface area contributed by atoms with Crippen LogP contribution in [-0.2, 0) is 0 Å². The molecule has 2 aromatic rings. The van der Waals surface area contributed by atoms with Crippen molar-refractivity contribution < 1.29 is 15.2 Å². The molecule has 0 atom stereocenters. The summed E-state index contributed by atoms with van der Waals surface area (Å²) in [7, 11) is 0. The molecule has 124 valence electrons. The van der Waals surface area contributed by atoms with Crippen LogP contribution in [0.15, 0.2) is 18.2 Å². The van der Waals surface area contributed by atoms with Crippen molar-refractivity contribution in [1.82, 2.24) is 15.0 Å². The van der Waals surface area contributed by atoms with Crippen molar-refractivity contribution in [2.45, 2.75) is 20.3 Å². The van der Waals surface area contributed by atoms with Gasteiger partial charge >= 0.3 is 0 Å². The second kappa shape index (κ2) is 8.11. The Balaban J connectivity index is 1.79. The third kappa shape index (κ3) is 4.94. The highest BCUT2D eigenvalue weighted by molar-refractivity contribution is 5.39. The first kappa shape index (κ1) is 16.7. The number of hydrogen-bond acceptors (Lipinski definition) is 9. The van der Waals surface area contributed by atoms with E-state index >= 15 is 0 Å². The highest BCUT2D eigenvalue weighted by Gasteiger charge is 2.05. The summed E-state index contributed by atoms with van der Waals surface area (Å²) in [6.45, 7) is 5.15. The van der Waals surface area contributed by atoms with E-state index in [0.717, 1.165) is 17.7 Å². The standard InChI is InChI=1S/C14H20N6O3/c1-9-4-5-11(10(2)8-9)23-7-3-6-15-12-16-13(19-21)18-14(17-12)20-22/h4-5,8,21-22H,3,6-7H2,1-2H3,(H3,15,16,17,18,19,20). The number of hydrogen-bond donors (Lipinski definition) is 5. The first-order valence-corrected chi connectivity index (χ1v) is 7.12. The maximum Gasteiger partial charge on any atom is 0.253 e. The molecule has 0 unspecified atom stereocenters. The number of nitrogens with one attached hydrogen (secondary N) is 3. The van der Waals surface area contributed by atoms with E-state index in [2.05, 4.69) is 26.3 Å². The van der Waals surface area contributed by atoms with Crippen LogP contribution in [0.25, 0.3) is 0 Å². The van der Waals surface area contributed by atoms with Gasteiger partial charge in [0.15, 0.2) is 0 Å². The predicted molar refractivity (Wildman–Crippen MR) is 85.2 cm³/mol. The SMILES string of the molecule is Cc1ccc(OCCCNc2nc(NO)nc(NO)n2)c(C)c1. The Morgan fingerprint density at radius 1 is 1.00 bits per heavy atom. The molecule has 0 saturated heterocycles. The summed E-state index contributed by atoms with van der Waals surface area (Å²) in [6, 6.07) is 6.05. The Bertz CT molecular complexity index is 630. The van der Waals surface area contributed by atoms with Crippen LogP contribution >= 0.6 is 0 Å². The number of aryl methyl sites for hydroxylation is 2. The Hall–Kier alpha value is -2.65. The lowest BCUT2D eigenvalue weighted by atomic mass is 10.1. The Morgan fingerprint density at radius 2 is 1.65 bits per heavy atom. The van der Waals surface area contributed by atoms with Gasteiger partial charge in [0.05, 0.1) is 6.61 Å². The lowest BCUT2D eigenvalue weighted by molar-refractivity contribution is 0.313. The minimum absolute atomic E-state index is 0.0782. The molecule has 0 radical (unpaired) electrons. The van der Waals surface area contributed by atoms with Crippen LogP contribution in [0.1, 0.15) is 17.5 Å². The quantitative estimate of drug-likeness (QED) is 0.366. The van der Waals surface area contributed by atoms with Crippen molar-refractivity contribution in [3.05, 3.63) is 29.3 Å². The van der Waals surface area contributed by atoms with Gasteiger partial charge in [0.25, 0.3) is 11.9 Å². The van der Waals surface area contributed by atoms with Crippen LogP contribution in [0.2, 0.25) is 0 Å². The second-order valence-electron chi connectivity index (χ2n) is 4.93. The van der Waals surface area contributed by atoms with E-state index in [1.54, 1.807) is 11.0 Å². The van der Waals surface area contributed by atoms with Gasteiger partial charge in [0.1, 0.15) is 5.75 Å². The predicted octanol–water partition coefficient (Wildman–Crippen LogP) is 1.97. The van der Waals surface area contributed by atoms with Crippen molar-refractivity contribution in [1.29, 1.82) is 0 Å². The molecule has 0 saturated carbocycles. The lowest BCUT2D eigenvalue weighted by Crippen LogP contribution is -2.12. The number of nitrogens with zero attached hydrogens (tertiary/aromatic N) is 3. The van der Waals surface area contributed by atoms with Gasteiger partial charge in [0, 0.05) is 6.54 Å². The highest BCUT2D eigenvalue weighted by Crippen LogP contribution is 2.18. The Labute approximate surface area is 133 Å². The normalized spacial score (nSPS) is 10.3. The van der Waals surface area contributed by atoms with Crippen LogP contribution < -0.4 is 21.0 Å². The van der Waals surface area contributed by atoms with Gasteiger partial charge in [-0.3, -0.25) is 10.4 Å². The van der Waals surface area contributed by atoms with Crippen molar-refractivity contribution in [2.24, 2.45) is 0 Å². The Kier molecular flexibility index (Phi) is 5.89. The van der Waals surface area contributed by atoms with Gasteiger partial charge in [-0.05, 0) is 31.9 Å². The number of rotatable bonds is 8. The number of ether oxygens (including phenoxy) is 1. The van der Waals surface area contributed by atoms with Gasteiger partial charge in [-0.25, -0.2) is 11.0 Å². The van der Waals surface area contributed by atoms with E-state index in [0.29, 0.717) is 13.2 Å². The average Bonchev–Trinajstić information content (AvgIpc) is 2.56. The maximum atomic E-state index is 8.80. The summed E-state index contributed by atoms with van der Waals surface area (Å²) in [6.07, 6.45) is 0.725. The van der Waals surface area contributed by atoms with E-state index in [1.807, 2.05) is 26.0 Å². The van der Waals surface area contributed by atoms with Gasteiger partial charge in [-0.1, -0.05) is 17.7 Å². The van der Waals surface area contributed by atoms with Crippen LogP contribution in [0.5, 0.6) is 5.75 Å². The van der Waals surface area contributed by atoms with Crippen molar-refractivity contribution in [3.63, 3.8) is 0 Å². The lowest BCUT2D eigenvalue weighted by Gasteiger charge is -2.10. The minimum atomic E-state index is -0.0782. The fraction of sp³-hybridized carbons (Fsp3) is 0.357. The molecule has 0 fully saturated rings. The zero-order valence-electron chi connectivity index (χ0n) is 13.0. The molecule has 0 aliphatic carbocycles. The van der Waals surface area contributed by atoms with E-state index in [4.69, 9.17) is 15.2 Å². The molecule has 0 amide bonds. The largest absolute Gasteiger partial charge is 0.493 e. The smallest absolute Gasteiger partial charge is 0.253 e. The van der Waals surface area contributed by atoms with Crippen molar-refractivity contribution in [2.75, 3.05) is 29.4 Å². The molecule has 0 bridgehead atoms. The summed E-state index contributed by atoms with van der Waals surface area (Å²) in [4.78, 5) is 11.4. The average molecular weight is 320 g/mol. The van der Waals surface area contributed by atoms with E-state index in [-0.39, 0.29) is 17.8 Å². The third-order valence-corrected chi connectivity index (χ3v) is 3.03. The monoisotopic (exact) mass is 320 g/mol. The Morgan fingerprint density at radius 3 is 2.26 bits per heavy atom. The van der Waals surface area contributed by atoms with E-state index in [9.17, 15) is 0 Å². The number of benzene rings is 1. The highest BCUT2D eigenvalue weighted by atomic mass is 16.5. The van der Waals surface area contributed by atoms with Crippen molar-refractivity contribution >= 4 is 17.8 Å². The van der Waals surface area contributed by atoms with E-state index in [1.165, 1.54) is 5.56 Å². The van der Waals surface area contributed by atoms with Gasteiger partial charge < -0.3 is 10.1 Å². The molecule has 0 spiro atoms. The van der Waals surface area contributed by atoms with E-state index < -0.39 is 0 Å². The molecule has 1 aromatic carbocycles. The van der Waals surface area contributed by atoms with Gasteiger partial charge in [-0.15, -0.1) is 0 Å². The summed E-state index contributed by atoms with van der Waals surface area (Å²) in [5.41, 5.74) is 5.90. The maximum absolute atomic E-state index is 8.80. The molecular weight excluding hydrogens is 300 g/mol. The molecule has 1 heterocycles. The topological polar surface area (TPSA) is 124 Å². The molecule has 9 heteroatoms. The second-order valence-corrected chi connectivity index (χ2v) is 4.93. The molecule has 0 aliphatic rings. The molecule has 9 nitrogen and oxygen atoms in total. The fourth-order valence-electron chi connectivity index (χ4n) is 1.97. The molecule has 5 N–H and O–H groups in total. The zero-order chi connectivity index (χ0) is 16.7. The fourth-order valence-corrected chi connectivity index (χ4v) is 1.97. The summed E-state index contributed by atoms with van der Waals surface area (Å²) in [5.74, 6) is 0.935. The first-order valence-electron chi connectivity index (χ1n) is 7.12. The first-order chi connectivity index (χ1) is 11.1.